The zero-order valence-electron chi connectivity index (χ0n) is 12.5. The fraction of sp³-hybridized carbons (Fsp3) is 1.00. The second-order valence-corrected chi connectivity index (χ2v) is 8.29. The quantitative estimate of drug-likeness (QED) is 0.714. The van der Waals surface area contributed by atoms with Crippen molar-refractivity contribution in [1.82, 2.24) is 4.72 Å². The van der Waals surface area contributed by atoms with Crippen LogP contribution in [0.3, 0.4) is 0 Å². The van der Waals surface area contributed by atoms with Crippen LogP contribution in [-0.4, -0.2) is 27.3 Å². The molecule has 0 fully saturated rings. The van der Waals surface area contributed by atoms with Crippen molar-refractivity contribution in [3.63, 3.8) is 0 Å². The van der Waals surface area contributed by atoms with Crippen LogP contribution in [0.4, 0.5) is 0 Å². The Labute approximate surface area is 113 Å². The molecule has 0 aromatic heterocycles. The van der Waals surface area contributed by atoms with Crippen LogP contribution in [0.25, 0.3) is 0 Å². The minimum atomic E-state index is -3.18. The van der Waals surface area contributed by atoms with E-state index in [0.717, 1.165) is 12.8 Å². The maximum absolute atomic E-state index is 11.9. The molecule has 0 aromatic rings. The highest BCUT2D eigenvalue weighted by Gasteiger charge is 2.27. The monoisotopic (exact) mass is 278 g/mol. The zero-order chi connectivity index (χ0) is 14.4. The first-order valence-corrected chi connectivity index (χ1v) is 8.42. The van der Waals surface area contributed by atoms with E-state index in [1.807, 2.05) is 20.8 Å². The molecular formula is C13H30N2O2S. The second-order valence-electron chi connectivity index (χ2n) is 6.36. The van der Waals surface area contributed by atoms with Gasteiger partial charge >= 0.3 is 0 Å². The second kappa shape index (κ2) is 6.87. The topological polar surface area (TPSA) is 72.2 Å². The molecule has 0 aliphatic carbocycles. The first kappa shape index (κ1) is 17.9. The van der Waals surface area contributed by atoms with Crippen molar-refractivity contribution in [2.45, 2.75) is 53.9 Å². The van der Waals surface area contributed by atoms with Crippen LogP contribution in [0.1, 0.15) is 53.9 Å². The molecule has 0 atom stereocenters. The number of rotatable bonds is 8. The van der Waals surface area contributed by atoms with Gasteiger partial charge in [0.1, 0.15) is 0 Å². The normalized spacial score (nSPS) is 13.9. The molecular weight excluding hydrogens is 248 g/mol. The van der Waals surface area contributed by atoms with Gasteiger partial charge in [-0.05, 0) is 36.6 Å². The minimum Gasteiger partial charge on any atom is -0.330 e. The Kier molecular flexibility index (Phi) is 6.82. The molecule has 0 saturated heterocycles. The van der Waals surface area contributed by atoms with Crippen molar-refractivity contribution < 1.29 is 8.42 Å². The van der Waals surface area contributed by atoms with Gasteiger partial charge in [-0.2, -0.15) is 0 Å². The van der Waals surface area contributed by atoms with Gasteiger partial charge in [0.25, 0.3) is 0 Å². The highest BCUT2D eigenvalue weighted by molar-refractivity contribution is 7.89. The van der Waals surface area contributed by atoms with Gasteiger partial charge < -0.3 is 5.73 Å². The highest BCUT2D eigenvalue weighted by Crippen LogP contribution is 2.24. The average Bonchev–Trinajstić information content (AvgIpc) is 2.29. The molecule has 0 spiro atoms. The summed E-state index contributed by atoms with van der Waals surface area (Å²) >= 11 is 0. The molecule has 0 aliphatic heterocycles. The summed E-state index contributed by atoms with van der Waals surface area (Å²) in [5.41, 5.74) is 5.70. The summed E-state index contributed by atoms with van der Waals surface area (Å²) in [5.74, 6) is 0.185. The van der Waals surface area contributed by atoms with Crippen LogP contribution in [0.15, 0.2) is 0 Å². The summed E-state index contributed by atoms with van der Waals surface area (Å²) < 4.78 is 26.6. The van der Waals surface area contributed by atoms with E-state index in [1.54, 1.807) is 0 Å². The highest BCUT2D eigenvalue weighted by atomic mass is 32.2. The summed E-state index contributed by atoms with van der Waals surface area (Å²) in [6.07, 6.45) is 2.44. The maximum Gasteiger partial charge on any atom is 0.211 e. The lowest BCUT2D eigenvalue weighted by atomic mass is 9.83. The van der Waals surface area contributed by atoms with Crippen LogP contribution < -0.4 is 10.5 Å². The van der Waals surface area contributed by atoms with Gasteiger partial charge in [-0.1, -0.05) is 34.6 Å². The summed E-state index contributed by atoms with van der Waals surface area (Å²) in [6, 6.07) is 0. The third kappa shape index (κ3) is 6.71. The maximum atomic E-state index is 11.9. The summed E-state index contributed by atoms with van der Waals surface area (Å²) in [5, 5.41) is 0. The van der Waals surface area contributed by atoms with E-state index < -0.39 is 10.0 Å². The standard InChI is InChI=1S/C13H30N2O2S/c1-6-13(7-2,10-14)11-15-18(16,17)9-8-12(3,4)5/h15H,6-11,14H2,1-5H3. The van der Waals surface area contributed by atoms with Crippen LogP contribution in [0, 0.1) is 10.8 Å². The molecule has 0 unspecified atom stereocenters. The van der Waals surface area contributed by atoms with E-state index in [0.29, 0.717) is 19.5 Å². The van der Waals surface area contributed by atoms with Gasteiger partial charge in [-0.15, -0.1) is 0 Å². The van der Waals surface area contributed by atoms with Gasteiger partial charge in [-0.3, -0.25) is 0 Å². The van der Waals surface area contributed by atoms with E-state index in [1.165, 1.54) is 0 Å². The van der Waals surface area contributed by atoms with E-state index in [2.05, 4.69) is 18.6 Å². The van der Waals surface area contributed by atoms with Crippen molar-refractivity contribution in [3.8, 4) is 0 Å². The molecule has 5 heteroatoms. The minimum absolute atomic E-state index is 0.0369. The van der Waals surface area contributed by atoms with Crippen molar-refractivity contribution >= 4 is 10.0 Å². The third-order valence-corrected chi connectivity index (χ3v) is 5.05. The van der Waals surface area contributed by atoms with Crippen molar-refractivity contribution in [1.29, 1.82) is 0 Å². The van der Waals surface area contributed by atoms with Crippen molar-refractivity contribution in [2.75, 3.05) is 18.8 Å². The molecule has 0 saturated carbocycles. The Morgan fingerprint density at radius 3 is 1.94 bits per heavy atom. The number of sulfonamides is 1. The summed E-state index contributed by atoms with van der Waals surface area (Å²) in [4.78, 5) is 0. The first-order valence-electron chi connectivity index (χ1n) is 6.77. The van der Waals surface area contributed by atoms with E-state index in [-0.39, 0.29) is 16.6 Å². The molecule has 0 rings (SSSR count). The molecule has 0 heterocycles. The molecule has 0 amide bonds. The van der Waals surface area contributed by atoms with Crippen LogP contribution in [0.5, 0.6) is 0 Å². The SMILES string of the molecule is CCC(CC)(CN)CNS(=O)(=O)CCC(C)(C)C. The molecule has 3 N–H and O–H groups in total. The smallest absolute Gasteiger partial charge is 0.211 e. The predicted molar refractivity (Wildman–Crippen MR) is 77.9 cm³/mol. The van der Waals surface area contributed by atoms with Crippen LogP contribution in [0.2, 0.25) is 0 Å². The molecule has 0 aliphatic rings. The first-order chi connectivity index (χ1) is 8.10. The van der Waals surface area contributed by atoms with Gasteiger partial charge in [0.15, 0.2) is 0 Å². The van der Waals surface area contributed by atoms with Gasteiger partial charge in [0.2, 0.25) is 10.0 Å². The number of nitrogens with one attached hydrogen (secondary N) is 1. The molecule has 0 bridgehead atoms. The van der Waals surface area contributed by atoms with Gasteiger partial charge in [-0.25, -0.2) is 13.1 Å². The van der Waals surface area contributed by atoms with E-state index in [4.69, 9.17) is 5.73 Å². The lowest BCUT2D eigenvalue weighted by molar-refractivity contribution is 0.274. The third-order valence-electron chi connectivity index (χ3n) is 3.72. The number of hydrogen-bond donors (Lipinski definition) is 2. The van der Waals surface area contributed by atoms with E-state index in [9.17, 15) is 8.42 Å². The molecule has 0 radical (unpaired) electrons. The molecule has 4 nitrogen and oxygen atoms in total. The molecule has 18 heavy (non-hydrogen) atoms. The fourth-order valence-corrected chi connectivity index (χ4v) is 3.19. The Morgan fingerprint density at radius 1 is 1.11 bits per heavy atom. The lowest BCUT2D eigenvalue weighted by Crippen LogP contribution is -2.42. The van der Waals surface area contributed by atoms with Crippen LogP contribution in [-0.2, 0) is 10.0 Å². The molecule has 110 valence electrons. The number of hydrogen-bond acceptors (Lipinski definition) is 3. The largest absolute Gasteiger partial charge is 0.330 e. The predicted octanol–water partition coefficient (Wildman–Crippen LogP) is 2.11. The van der Waals surface area contributed by atoms with E-state index >= 15 is 0 Å². The van der Waals surface area contributed by atoms with Crippen LogP contribution >= 0.6 is 0 Å². The Hall–Kier alpha value is -0.130. The summed E-state index contributed by atoms with van der Waals surface area (Å²) in [6.45, 7) is 11.2. The van der Waals surface area contributed by atoms with Crippen molar-refractivity contribution in [2.24, 2.45) is 16.6 Å². The fourth-order valence-electron chi connectivity index (χ4n) is 1.64. The molecule has 0 aromatic carbocycles. The average molecular weight is 278 g/mol. The zero-order valence-corrected chi connectivity index (χ0v) is 13.4. The van der Waals surface area contributed by atoms with Crippen molar-refractivity contribution in [3.05, 3.63) is 0 Å². The Bertz CT molecular complexity index is 319. The Balaban J connectivity index is 4.42. The van der Waals surface area contributed by atoms with Gasteiger partial charge in [0.05, 0.1) is 5.75 Å². The summed E-state index contributed by atoms with van der Waals surface area (Å²) in [7, 11) is -3.18. The Morgan fingerprint density at radius 2 is 1.61 bits per heavy atom. The lowest BCUT2D eigenvalue weighted by Gasteiger charge is -2.30. The number of nitrogens with two attached hydrogens (primary N) is 1. The van der Waals surface area contributed by atoms with Gasteiger partial charge in [0, 0.05) is 6.54 Å².